The fourth-order valence-electron chi connectivity index (χ4n) is 2.28. The van der Waals surface area contributed by atoms with E-state index in [0.717, 1.165) is 18.5 Å². The molecule has 0 amide bonds. The van der Waals surface area contributed by atoms with Crippen LogP contribution in [0.1, 0.15) is 40.3 Å². The average Bonchev–Trinajstić information content (AvgIpc) is 2.79. The Morgan fingerprint density at radius 3 is 2.57 bits per heavy atom. The summed E-state index contributed by atoms with van der Waals surface area (Å²) in [5, 5.41) is 3.51. The lowest BCUT2D eigenvalue weighted by Gasteiger charge is -2.18. The Balaban J connectivity index is 2.37. The number of benzene rings is 1. The minimum absolute atomic E-state index is 0.0303. The Labute approximate surface area is 130 Å². The van der Waals surface area contributed by atoms with E-state index in [9.17, 15) is 4.39 Å². The molecule has 4 heteroatoms. The summed E-state index contributed by atoms with van der Waals surface area (Å²) in [6.45, 7) is 7.26. The molecule has 0 aliphatic heterocycles. The van der Waals surface area contributed by atoms with Crippen molar-refractivity contribution in [1.29, 1.82) is 0 Å². The van der Waals surface area contributed by atoms with Gasteiger partial charge in [-0.25, -0.2) is 4.39 Å². The number of hydrogen-bond donors (Lipinski definition) is 1. The van der Waals surface area contributed by atoms with Gasteiger partial charge in [0.1, 0.15) is 0 Å². The highest BCUT2D eigenvalue weighted by Gasteiger charge is 2.18. The molecular weight excluding hydrogens is 285 g/mol. The number of ether oxygens (including phenoxy) is 1. The lowest BCUT2D eigenvalue weighted by molar-refractivity contribution is 0.385. The molecule has 2 rings (SSSR count). The van der Waals surface area contributed by atoms with Crippen molar-refractivity contribution in [2.45, 2.75) is 33.2 Å². The smallest absolute Gasteiger partial charge is 0.165 e. The molecule has 1 unspecified atom stereocenters. The summed E-state index contributed by atoms with van der Waals surface area (Å²) in [7, 11) is 1.48. The van der Waals surface area contributed by atoms with Gasteiger partial charge in [0.05, 0.1) is 13.2 Å². The monoisotopic (exact) mass is 307 g/mol. The van der Waals surface area contributed by atoms with E-state index >= 15 is 0 Å². The van der Waals surface area contributed by atoms with Gasteiger partial charge in [-0.1, -0.05) is 13.0 Å². The highest BCUT2D eigenvalue weighted by atomic mass is 32.1. The Morgan fingerprint density at radius 1 is 1.29 bits per heavy atom. The molecule has 0 saturated heterocycles. The first-order valence-corrected chi connectivity index (χ1v) is 8.02. The third kappa shape index (κ3) is 3.63. The molecule has 1 aromatic heterocycles. The first-order chi connectivity index (χ1) is 10.1. The third-order valence-corrected chi connectivity index (χ3v) is 4.79. The maximum atomic E-state index is 14.0. The van der Waals surface area contributed by atoms with Crippen molar-refractivity contribution in [2.75, 3.05) is 13.7 Å². The molecule has 0 spiro atoms. The van der Waals surface area contributed by atoms with Gasteiger partial charge in [0.15, 0.2) is 11.6 Å². The first kappa shape index (κ1) is 16.0. The van der Waals surface area contributed by atoms with Crippen LogP contribution in [0.25, 0.3) is 0 Å². The van der Waals surface area contributed by atoms with E-state index in [1.165, 1.54) is 22.4 Å². The molecule has 0 aliphatic rings. The van der Waals surface area contributed by atoms with Gasteiger partial charge in [0.2, 0.25) is 0 Å². The number of rotatable bonds is 6. The van der Waals surface area contributed by atoms with Crippen molar-refractivity contribution >= 4 is 11.3 Å². The van der Waals surface area contributed by atoms with Crippen LogP contribution in [0.15, 0.2) is 24.3 Å². The van der Waals surface area contributed by atoms with Crippen LogP contribution in [0, 0.1) is 19.7 Å². The van der Waals surface area contributed by atoms with E-state index in [0.29, 0.717) is 0 Å². The predicted molar refractivity (Wildman–Crippen MR) is 86.9 cm³/mol. The number of nitrogens with one attached hydrogen (secondary N) is 1. The van der Waals surface area contributed by atoms with Gasteiger partial charge in [-0.2, -0.15) is 0 Å². The van der Waals surface area contributed by atoms with E-state index in [1.807, 2.05) is 6.07 Å². The van der Waals surface area contributed by atoms with Crippen molar-refractivity contribution < 1.29 is 9.13 Å². The summed E-state index contributed by atoms with van der Waals surface area (Å²) >= 11 is 1.77. The molecule has 2 nitrogen and oxygen atoms in total. The van der Waals surface area contributed by atoms with E-state index < -0.39 is 0 Å². The second kappa shape index (κ2) is 7.05. The van der Waals surface area contributed by atoms with Crippen molar-refractivity contribution in [3.63, 3.8) is 0 Å². The highest BCUT2D eigenvalue weighted by molar-refractivity contribution is 7.12. The van der Waals surface area contributed by atoms with Crippen LogP contribution in [-0.2, 0) is 0 Å². The maximum Gasteiger partial charge on any atom is 0.165 e. The summed E-state index contributed by atoms with van der Waals surface area (Å²) in [6.07, 6.45) is 1.04. The lowest BCUT2D eigenvalue weighted by Crippen LogP contribution is -2.22. The molecule has 0 bridgehead atoms. The average molecular weight is 307 g/mol. The van der Waals surface area contributed by atoms with Gasteiger partial charge in [-0.3, -0.25) is 0 Å². The zero-order valence-corrected chi connectivity index (χ0v) is 13.8. The second-order valence-electron chi connectivity index (χ2n) is 5.17. The highest BCUT2D eigenvalue weighted by Crippen LogP contribution is 2.32. The third-order valence-electron chi connectivity index (χ3n) is 3.58. The second-order valence-corrected chi connectivity index (χ2v) is 6.46. The molecule has 114 valence electrons. The molecule has 0 saturated carbocycles. The SMILES string of the molecule is CCCNC(c1ccc(OC)c(F)c1)c1cc(C)c(C)s1. The van der Waals surface area contributed by atoms with E-state index in [4.69, 9.17) is 4.74 Å². The molecule has 21 heavy (non-hydrogen) atoms. The molecule has 0 aliphatic carbocycles. The normalized spacial score (nSPS) is 12.4. The first-order valence-electron chi connectivity index (χ1n) is 7.20. The van der Waals surface area contributed by atoms with E-state index in [1.54, 1.807) is 23.5 Å². The number of methoxy groups -OCH3 is 1. The summed E-state index contributed by atoms with van der Waals surface area (Å²) in [4.78, 5) is 2.53. The zero-order valence-electron chi connectivity index (χ0n) is 13.0. The van der Waals surface area contributed by atoms with Gasteiger partial charge < -0.3 is 10.1 Å². The standard InChI is InChI=1S/C17H22FNOS/c1-5-8-19-17(16-9-11(2)12(3)21-16)13-6-7-15(20-4)14(18)10-13/h6-7,9-10,17,19H,5,8H2,1-4H3. The minimum Gasteiger partial charge on any atom is -0.494 e. The van der Waals surface area contributed by atoms with Crippen LogP contribution < -0.4 is 10.1 Å². The Kier molecular flexibility index (Phi) is 5.37. The molecule has 1 aromatic carbocycles. The predicted octanol–water partition coefficient (Wildman–Crippen LogP) is 4.60. The Hall–Kier alpha value is -1.39. The summed E-state index contributed by atoms with van der Waals surface area (Å²) in [6, 6.07) is 7.41. The van der Waals surface area contributed by atoms with Gasteiger partial charge in [0, 0.05) is 9.75 Å². The fourth-order valence-corrected chi connectivity index (χ4v) is 3.42. The van der Waals surface area contributed by atoms with Crippen LogP contribution in [0.5, 0.6) is 5.75 Å². The molecule has 0 fully saturated rings. The van der Waals surface area contributed by atoms with Gasteiger partial charge in [0.25, 0.3) is 0 Å². The van der Waals surface area contributed by atoms with Gasteiger partial charge >= 0.3 is 0 Å². The topological polar surface area (TPSA) is 21.3 Å². The quantitative estimate of drug-likeness (QED) is 0.842. The molecule has 1 atom stereocenters. The van der Waals surface area contributed by atoms with Crippen LogP contribution in [0.3, 0.4) is 0 Å². The van der Waals surface area contributed by atoms with Crippen LogP contribution in [-0.4, -0.2) is 13.7 Å². The van der Waals surface area contributed by atoms with Crippen molar-refractivity contribution in [1.82, 2.24) is 5.32 Å². The fraction of sp³-hybridized carbons (Fsp3) is 0.412. The Bertz CT molecular complexity index is 589. The van der Waals surface area contributed by atoms with Crippen molar-refractivity contribution in [3.8, 4) is 5.75 Å². The van der Waals surface area contributed by atoms with Crippen molar-refractivity contribution in [3.05, 3.63) is 51.0 Å². The number of hydrogen-bond acceptors (Lipinski definition) is 3. The maximum absolute atomic E-state index is 14.0. The minimum atomic E-state index is -0.316. The molecule has 2 aromatic rings. The number of thiophene rings is 1. The van der Waals surface area contributed by atoms with Gasteiger partial charge in [-0.15, -0.1) is 11.3 Å². The van der Waals surface area contributed by atoms with Crippen molar-refractivity contribution in [2.24, 2.45) is 0 Å². The molecule has 1 heterocycles. The van der Waals surface area contributed by atoms with E-state index in [2.05, 4.69) is 32.2 Å². The van der Waals surface area contributed by atoms with Gasteiger partial charge in [-0.05, 0) is 56.1 Å². The van der Waals surface area contributed by atoms with Crippen LogP contribution in [0.2, 0.25) is 0 Å². The summed E-state index contributed by atoms with van der Waals surface area (Å²) < 4.78 is 19.0. The molecule has 0 radical (unpaired) electrons. The lowest BCUT2D eigenvalue weighted by atomic mass is 10.0. The summed E-state index contributed by atoms with van der Waals surface area (Å²) in [5.74, 6) is -0.0326. The number of halogens is 1. The molecule has 1 N–H and O–H groups in total. The van der Waals surface area contributed by atoms with E-state index in [-0.39, 0.29) is 17.6 Å². The zero-order chi connectivity index (χ0) is 15.4. The largest absolute Gasteiger partial charge is 0.494 e. The summed E-state index contributed by atoms with van der Waals surface area (Å²) in [5.41, 5.74) is 2.22. The van der Waals surface area contributed by atoms with Crippen LogP contribution >= 0.6 is 11.3 Å². The Morgan fingerprint density at radius 2 is 2.05 bits per heavy atom. The number of aryl methyl sites for hydroxylation is 2. The molecular formula is C17H22FNOS. The van der Waals surface area contributed by atoms with Crippen LogP contribution in [0.4, 0.5) is 4.39 Å².